The molecule has 0 aliphatic rings. The maximum absolute atomic E-state index is 11.4. The van der Waals surface area contributed by atoms with Crippen LogP contribution in [0.3, 0.4) is 0 Å². The van der Waals surface area contributed by atoms with Gasteiger partial charge in [-0.15, -0.1) is 0 Å². The van der Waals surface area contributed by atoms with Gasteiger partial charge in [-0.1, -0.05) is 18.2 Å². The van der Waals surface area contributed by atoms with Gasteiger partial charge in [0.15, 0.2) is 0 Å². The Kier molecular flexibility index (Phi) is 3.90. The SMILES string of the molecule is CC(C)(C)OC(=O)CN(O)c1ccccc1. The van der Waals surface area contributed by atoms with Gasteiger partial charge in [0.25, 0.3) is 0 Å². The summed E-state index contributed by atoms with van der Waals surface area (Å²) in [7, 11) is 0. The van der Waals surface area contributed by atoms with Crippen molar-refractivity contribution in [1.82, 2.24) is 0 Å². The highest BCUT2D eigenvalue weighted by atomic mass is 16.6. The number of carbonyl (C=O) groups is 1. The zero-order chi connectivity index (χ0) is 12.2. The maximum Gasteiger partial charge on any atom is 0.328 e. The molecule has 0 amide bonds. The first kappa shape index (κ1) is 12.5. The fraction of sp³-hybridized carbons (Fsp3) is 0.417. The van der Waals surface area contributed by atoms with E-state index in [-0.39, 0.29) is 6.54 Å². The second-order valence-corrected chi connectivity index (χ2v) is 4.48. The molecule has 1 N–H and O–H groups in total. The molecule has 0 bridgehead atoms. The molecule has 1 aromatic carbocycles. The number of rotatable bonds is 3. The highest BCUT2D eigenvalue weighted by Gasteiger charge is 2.18. The fourth-order valence-electron chi connectivity index (χ4n) is 1.19. The Morgan fingerprint density at radius 3 is 2.38 bits per heavy atom. The van der Waals surface area contributed by atoms with E-state index >= 15 is 0 Å². The van der Waals surface area contributed by atoms with E-state index in [9.17, 15) is 10.0 Å². The molecule has 4 heteroatoms. The van der Waals surface area contributed by atoms with Crippen LogP contribution in [0.25, 0.3) is 0 Å². The molecule has 0 aliphatic heterocycles. The second-order valence-electron chi connectivity index (χ2n) is 4.48. The summed E-state index contributed by atoms with van der Waals surface area (Å²) in [5.41, 5.74) is 0.0302. The van der Waals surface area contributed by atoms with E-state index in [4.69, 9.17) is 4.74 Å². The maximum atomic E-state index is 11.4. The van der Waals surface area contributed by atoms with Gasteiger partial charge in [0, 0.05) is 0 Å². The molecule has 0 fully saturated rings. The van der Waals surface area contributed by atoms with Crippen LogP contribution in [0, 0.1) is 0 Å². The number of hydrogen-bond acceptors (Lipinski definition) is 4. The summed E-state index contributed by atoms with van der Waals surface area (Å²) in [5, 5.41) is 10.5. The van der Waals surface area contributed by atoms with Crippen molar-refractivity contribution >= 4 is 11.7 Å². The van der Waals surface area contributed by atoms with E-state index in [1.165, 1.54) is 0 Å². The Balaban J connectivity index is 2.52. The molecule has 0 heterocycles. The first-order chi connectivity index (χ1) is 7.38. The molecule has 0 spiro atoms. The Labute approximate surface area is 95.4 Å². The van der Waals surface area contributed by atoms with Crippen molar-refractivity contribution < 1.29 is 14.7 Å². The minimum atomic E-state index is -0.533. The van der Waals surface area contributed by atoms with Crippen molar-refractivity contribution in [2.45, 2.75) is 26.4 Å². The monoisotopic (exact) mass is 223 g/mol. The van der Waals surface area contributed by atoms with Crippen LogP contribution in [0.2, 0.25) is 0 Å². The number of hydroxylamine groups is 1. The molecule has 16 heavy (non-hydrogen) atoms. The van der Waals surface area contributed by atoms with Crippen LogP contribution in [0.15, 0.2) is 30.3 Å². The van der Waals surface area contributed by atoms with E-state index in [1.54, 1.807) is 45.0 Å². The number of para-hydroxylation sites is 1. The Morgan fingerprint density at radius 1 is 1.31 bits per heavy atom. The van der Waals surface area contributed by atoms with Crippen molar-refractivity contribution in [1.29, 1.82) is 0 Å². The third kappa shape index (κ3) is 4.31. The normalized spacial score (nSPS) is 11.0. The summed E-state index contributed by atoms with van der Waals surface area (Å²) in [5.74, 6) is -0.459. The Bertz CT molecular complexity index is 343. The third-order valence-corrected chi connectivity index (χ3v) is 1.75. The van der Waals surface area contributed by atoms with Gasteiger partial charge in [0.1, 0.15) is 12.1 Å². The van der Waals surface area contributed by atoms with Gasteiger partial charge in [-0.05, 0) is 32.9 Å². The molecule has 0 unspecified atom stereocenters. The van der Waals surface area contributed by atoms with Crippen LogP contribution in [0.5, 0.6) is 0 Å². The summed E-state index contributed by atoms with van der Waals surface area (Å²) in [6.45, 7) is 5.18. The number of carbonyl (C=O) groups excluding carboxylic acids is 1. The number of esters is 1. The standard InChI is InChI=1S/C12H17NO3/c1-12(2,3)16-11(14)9-13(15)10-7-5-4-6-8-10/h4-8,15H,9H2,1-3H3. The molecular weight excluding hydrogens is 206 g/mol. The van der Waals surface area contributed by atoms with Crippen molar-refractivity contribution in [3.05, 3.63) is 30.3 Å². The predicted octanol–water partition coefficient (Wildman–Crippen LogP) is 2.22. The molecule has 0 aromatic heterocycles. The zero-order valence-corrected chi connectivity index (χ0v) is 9.80. The van der Waals surface area contributed by atoms with Gasteiger partial charge in [0.05, 0.1) is 5.69 Å². The molecule has 1 rings (SSSR count). The molecular formula is C12H17NO3. The molecule has 1 aromatic rings. The quantitative estimate of drug-likeness (QED) is 0.630. The first-order valence-electron chi connectivity index (χ1n) is 5.12. The van der Waals surface area contributed by atoms with Crippen molar-refractivity contribution in [2.75, 3.05) is 11.6 Å². The molecule has 88 valence electrons. The topological polar surface area (TPSA) is 49.8 Å². The molecule has 0 atom stereocenters. The molecule has 0 radical (unpaired) electrons. The van der Waals surface area contributed by atoms with Crippen LogP contribution in [-0.2, 0) is 9.53 Å². The lowest BCUT2D eigenvalue weighted by molar-refractivity contribution is -0.154. The van der Waals surface area contributed by atoms with E-state index in [1.807, 2.05) is 6.07 Å². The van der Waals surface area contributed by atoms with Gasteiger partial charge in [-0.3, -0.25) is 10.0 Å². The summed E-state index contributed by atoms with van der Waals surface area (Å²) in [6.07, 6.45) is 0. The van der Waals surface area contributed by atoms with E-state index in [0.717, 1.165) is 5.06 Å². The summed E-state index contributed by atoms with van der Waals surface area (Å²) in [6, 6.07) is 8.83. The minimum Gasteiger partial charge on any atom is -0.459 e. The lowest BCUT2D eigenvalue weighted by Gasteiger charge is -2.22. The fourth-order valence-corrected chi connectivity index (χ4v) is 1.19. The lowest BCUT2D eigenvalue weighted by Crippen LogP contribution is -2.33. The van der Waals surface area contributed by atoms with Crippen molar-refractivity contribution in [2.24, 2.45) is 0 Å². The molecule has 0 saturated carbocycles. The number of benzene rings is 1. The van der Waals surface area contributed by atoms with E-state index < -0.39 is 11.6 Å². The number of ether oxygens (including phenoxy) is 1. The van der Waals surface area contributed by atoms with Crippen molar-refractivity contribution in [3.63, 3.8) is 0 Å². The number of nitrogens with zero attached hydrogens (tertiary/aromatic N) is 1. The first-order valence-corrected chi connectivity index (χ1v) is 5.12. The number of hydrogen-bond donors (Lipinski definition) is 1. The lowest BCUT2D eigenvalue weighted by atomic mass is 10.2. The third-order valence-electron chi connectivity index (χ3n) is 1.75. The van der Waals surface area contributed by atoms with Gasteiger partial charge < -0.3 is 4.74 Å². The predicted molar refractivity (Wildman–Crippen MR) is 61.4 cm³/mol. The van der Waals surface area contributed by atoms with E-state index in [2.05, 4.69) is 0 Å². The smallest absolute Gasteiger partial charge is 0.328 e. The number of anilines is 1. The second kappa shape index (κ2) is 4.99. The minimum absolute atomic E-state index is 0.179. The van der Waals surface area contributed by atoms with Crippen LogP contribution in [0.1, 0.15) is 20.8 Å². The summed E-state index contributed by atoms with van der Waals surface area (Å²) < 4.78 is 5.09. The van der Waals surface area contributed by atoms with Crippen LogP contribution in [0.4, 0.5) is 5.69 Å². The summed E-state index contributed by atoms with van der Waals surface area (Å²) >= 11 is 0. The summed E-state index contributed by atoms with van der Waals surface area (Å²) in [4.78, 5) is 11.4. The average Bonchev–Trinajstić information content (AvgIpc) is 2.16. The molecule has 4 nitrogen and oxygen atoms in total. The Hall–Kier alpha value is -1.55. The van der Waals surface area contributed by atoms with Crippen LogP contribution < -0.4 is 5.06 Å². The van der Waals surface area contributed by atoms with Crippen LogP contribution >= 0.6 is 0 Å². The molecule has 0 aliphatic carbocycles. The largest absolute Gasteiger partial charge is 0.459 e. The van der Waals surface area contributed by atoms with Gasteiger partial charge >= 0.3 is 5.97 Å². The Morgan fingerprint density at radius 2 is 1.88 bits per heavy atom. The zero-order valence-electron chi connectivity index (χ0n) is 9.80. The van der Waals surface area contributed by atoms with Gasteiger partial charge in [-0.25, -0.2) is 5.06 Å². The van der Waals surface area contributed by atoms with Gasteiger partial charge in [-0.2, -0.15) is 0 Å². The highest BCUT2D eigenvalue weighted by Crippen LogP contribution is 2.12. The van der Waals surface area contributed by atoms with Gasteiger partial charge in [0.2, 0.25) is 0 Å². The van der Waals surface area contributed by atoms with E-state index in [0.29, 0.717) is 5.69 Å². The average molecular weight is 223 g/mol. The molecule has 0 saturated heterocycles. The van der Waals surface area contributed by atoms with Crippen molar-refractivity contribution in [3.8, 4) is 0 Å². The highest BCUT2D eigenvalue weighted by molar-refractivity contribution is 5.75. The van der Waals surface area contributed by atoms with Crippen LogP contribution in [-0.4, -0.2) is 23.3 Å².